The molecule has 7 heteroatoms. The average Bonchev–Trinajstić information content (AvgIpc) is 3.02. The summed E-state index contributed by atoms with van der Waals surface area (Å²) in [5, 5.41) is 3.35. The van der Waals surface area contributed by atoms with E-state index >= 15 is 0 Å². The second-order valence-electron chi connectivity index (χ2n) is 6.49. The first-order valence-corrected chi connectivity index (χ1v) is 9.03. The molecule has 0 saturated carbocycles. The van der Waals surface area contributed by atoms with E-state index in [2.05, 4.69) is 36.1 Å². The average molecular weight is 361 g/mol. The molecule has 0 atom stereocenters. The number of thioether (sulfide) groups is 1. The lowest BCUT2D eigenvalue weighted by atomic mass is 9.87. The van der Waals surface area contributed by atoms with Crippen LogP contribution in [0.2, 0.25) is 0 Å². The fourth-order valence-corrected chi connectivity index (χ4v) is 2.72. The minimum Gasteiger partial charge on any atom is -0.461 e. The van der Waals surface area contributed by atoms with Gasteiger partial charge in [-0.25, -0.2) is 9.78 Å². The molecule has 2 rings (SSSR count). The van der Waals surface area contributed by atoms with Gasteiger partial charge in [0.2, 0.25) is 5.91 Å². The lowest BCUT2D eigenvalue weighted by molar-refractivity contribution is -0.113. The van der Waals surface area contributed by atoms with Gasteiger partial charge in [0, 0.05) is 5.69 Å². The van der Waals surface area contributed by atoms with Crippen molar-refractivity contribution in [2.45, 2.75) is 38.3 Å². The number of imidazole rings is 1. The van der Waals surface area contributed by atoms with Crippen molar-refractivity contribution >= 4 is 29.3 Å². The number of aromatic nitrogens is 2. The van der Waals surface area contributed by atoms with Gasteiger partial charge in [-0.05, 0) is 30.0 Å². The molecule has 0 unspecified atom stereocenters. The number of hydrogen-bond acceptors (Lipinski definition) is 5. The molecule has 1 amide bonds. The topological polar surface area (TPSA) is 84.1 Å². The maximum Gasteiger partial charge on any atom is 0.356 e. The Morgan fingerprint density at radius 3 is 2.52 bits per heavy atom. The first-order valence-electron chi connectivity index (χ1n) is 8.05. The van der Waals surface area contributed by atoms with E-state index in [9.17, 15) is 9.59 Å². The number of esters is 1. The molecule has 1 aromatic carbocycles. The van der Waals surface area contributed by atoms with E-state index in [1.807, 2.05) is 24.3 Å². The molecule has 1 aromatic heterocycles. The van der Waals surface area contributed by atoms with E-state index in [1.54, 1.807) is 6.92 Å². The Morgan fingerprint density at radius 1 is 1.24 bits per heavy atom. The number of amides is 1. The lowest BCUT2D eigenvalue weighted by Gasteiger charge is -2.19. The summed E-state index contributed by atoms with van der Waals surface area (Å²) in [7, 11) is 0. The van der Waals surface area contributed by atoms with Crippen LogP contribution in [0.15, 0.2) is 35.6 Å². The zero-order valence-electron chi connectivity index (χ0n) is 14.9. The molecule has 0 bridgehead atoms. The van der Waals surface area contributed by atoms with E-state index in [0.29, 0.717) is 11.8 Å². The van der Waals surface area contributed by atoms with Gasteiger partial charge in [-0.3, -0.25) is 4.79 Å². The van der Waals surface area contributed by atoms with Gasteiger partial charge >= 0.3 is 5.97 Å². The third kappa shape index (κ3) is 5.63. The number of rotatable bonds is 6. The van der Waals surface area contributed by atoms with Crippen LogP contribution in [0.3, 0.4) is 0 Å². The van der Waals surface area contributed by atoms with Crippen LogP contribution in [0.4, 0.5) is 5.69 Å². The van der Waals surface area contributed by atoms with Crippen molar-refractivity contribution in [2.24, 2.45) is 0 Å². The maximum atomic E-state index is 12.0. The van der Waals surface area contributed by atoms with E-state index < -0.39 is 5.97 Å². The fourth-order valence-electron chi connectivity index (χ4n) is 2.07. The molecule has 6 nitrogen and oxygen atoms in total. The van der Waals surface area contributed by atoms with Gasteiger partial charge in [0.1, 0.15) is 5.69 Å². The molecule has 25 heavy (non-hydrogen) atoms. The number of aromatic amines is 1. The molecule has 2 N–H and O–H groups in total. The van der Waals surface area contributed by atoms with Crippen molar-refractivity contribution in [3.8, 4) is 0 Å². The van der Waals surface area contributed by atoms with Crippen LogP contribution in [0, 0.1) is 0 Å². The maximum absolute atomic E-state index is 12.0. The fraction of sp³-hybridized carbons (Fsp3) is 0.389. The summed E-state index contributed by atoms with van der Waals surface area (Å²) in [4.78, 5) is 30.5. The van der Waals surface area contributed by atoms with Crippen LogP contribution in [0.1, 0.15) is 43.7 Å². The Morgan fingerprint density at radius 2 is 1.92 bits per heavy atom. The van der Waals surface area contributed by atoms with Crippen LogP contribution in [-0.4, -0.2) is 34.2 Å². The molecular formula is C18H23N3O3S. The zero-order valence-corrected chi connectivity index (χ0v) is 15.7. The largest absolute Gasteiger partial charge is 0.461 e. The highest BCUT2D eigenvalue weighted by Crippen LogP contribution is 2.23. The minimum absolute atomic E-state index is 0.0777. The Kier molecular flexibility index (Phi) is 6.25. The second kappa shape index (κ2) is 8.20. The number of H-pyrrole nitrogens is 1. The van der Waals surface area contributed by atoms with Gasteiger partial charge in [-0.2, -0.15) is 0 Å². The molecular weight excluding hydrogens is 338 g/mol. The third-order valence-electron chi connectivity index (χ3n) is 3.42. The molecule has 134 valence electrons. The first-order chi connectivity index (χ1) is 11.8. The molecule has 0 aliphatic carbocycles. The Hall–Kier alpha value is -2.28. The molecule has 0 fully saturated rings. The lowest BCUT2D eigenvalue weighted by Crippen LogP contribution is -2.15. The summed E-state index contributed by atoms with van der Waals surface area (Å²) in [6.45, 7) is 8.47. The summed E-state index contributed by atoms with van der Waals surface area (Å²) in [6, 6.07) is 7.83. The number of benzene rings is 1. The van der Waals surface area contributed by atoms with Crippen LogP contribution in [-0.2, 0) is 14.9 Å². The van der Waals surface area contributed by atoms with E-state index in [0.717, 1.165) is 5.69 Å². The highest BCUT2D eigenvalue weighted by molar-refractivity contribution is 7.99. The Balaban J connectivity index is 1.85. The van der Waals surface area contributed by atoms with Gasteiger partial charge in [0.25, 0.3) is 0 Å². The highest BCUT2D eigenvalue weighted by Gasteiger charge is 2.14. The van der Waals surface area contributed by atoms with Crippen LogP contribution >= 0.6 is 11.8 Å². The predicted molar refractivity (Wildman–Crippen MR) is 99.0 cm³/mol. The number of anilines is 1. The van der Waals surface area contributed by atoms with Crippen LogP contribution in [0.5, 0.6) is 0 Å². The van der Waals surface area contributed by atoms with Crippen molar-refractivity contribution < 1.29 is 14.3 Å². The number of carbonyl (C=O) groups excluding carboxylic acids is 2. The second-order valence-corrected chi connectivity index (χ2v) is 7.45. The van der Waals surface area contributed by atoms with Crippen molar-refractivity contribution in [2.75, 3.05) is 17.7 Å². The summed E-state index contributed by atoms with van der Waals surface area (Å²) in [6.07, 6.45) is 1.41. The summed E-state index contributed by atoms with van der Waals surface area (Å²) >= 11 is 1.23. The summed E-state index contributed by atoms with van der Waals surface area (Å²) in [5.41, 5.74) is 2.32. The van der Waals surface area contributed by atoms with E-state index in [4.69, 9.17) is 4.74 Å². The molecule has 0 aliphatic rings. The van der Waals surface area contributed by atoms with Crippen molar-refractivity contribution in [1.29, 1.82) is 0 Å². The highest BCUT2D eigenvalue weighted by atomic mass is 32.2. The van der Waals surface area contributed by atoms with Gasteiger partial charge < -0.3 is 15.0 Å². The number of nitrogens with one attached hydrogen (secondary N) is 2. The first kappa shape index (κ1) is 19.1. The Labute approximate surface area is 151 Å². The van der Waals surface area contributed by atoms with Crippen LogP contribution < -0.4 is 5.32 Å². The summed E-state index contributed by atoms with van der Waals surface area (Å²) < 4.78 is 4.88. The number of ether oxygens (including phenoxy) is 1. The van der Waals surface area contributed by atoms with E-state index in [-0.39, 0.29) is 22.8 Å². The van der Waals surface area contributed by atoms with Gasteiger partial charge in [-0.1, -0.05) is 44.7 Å². The molecule has 0 radical (unpaired) electrons. The molecule has 0 saturated heterocycles. The molecule has 0 aliphatic heterocycles. The monoisotopic (exact) mass is 361 g/mol. The SMILES string of the molecule is CCOC(=O)c1cnc(SCC(=O)Nc2ccc(C(C)(C)C)cc2)[nH]1. The zero-order chi connectivity index (χ0) is 18.4. The van der Waals surface area contributed by atoms with Gasteiger partial charge in [-0.15, -0.1) is 0 Å². The normalized spacial score (nSPS) is 11.2. The van der Waals surface area contributed by atoms with Crippen molar-refractivity contribution in [3.63, 3.8) is 0 Å². The number of hydrogen-bond donors (Lipinski definition) is 2. The van der Waals surface area contributed by atoms with Gasteiger partial charge in [0.15, 0.2) is 5.16 Å². The smallest absolute Gasteiger partial charge is 0.356 e. The molecule has 1 heterocycles. The van der Waals surface area contributed by atoms with Crippen molar-refractivity contribution in [1.82, 2.24) is 9.97 Å². The quantitative estimate of drug-likeness (QED) is 0.606. The minimum atomic E-state index is -0.453. The number of carbonyl (C=O) groups is 2. The van der Waals surface area contributed by atoms with Crippen molar-refractivity contribution in [3.05, 3.63) is 41.7 Å². The van der Waals surface area contributed by atoms with Gasteiger partial charge in [0.05, 0.1) is 18.6 Å². The third-order valence-corrected chi connectivity index (χ3v) is 4.31. The molecule has 0 spiro atoms. The summed E-state index contributed by atoms with van der Waals surface area (Å²) in [5.74, 6) is -0.399. The Bertz CT molecular complexity index is 733. The van der Waals surface area contributed by atoms with E-state index in [1.165, 1.54) is 23.5 Å². The van der Waals surface area contributed by atoms with Crippen LogP contribution in [0.25, 0.3) is 0 Å². The molecule has 2 aromatic rings. The predicted octanol–water partition coefficient (Wildman–Crippen LogP) is 3.61. The standard InChI is InChI=1S/C18H23N3O3S/c1-5-24-16(23)14-10-19-17(21-14)25-11-15(22)20-13-8-6-12(7-9-13)18(2,3)4/h6-10H,5,11H2,1-4H3,(H,19,21)(H,20,22). The number of nitrogens with zero attached hydrogens (tertiary/aromatic N) is 1.